The molecule has 136 valence electrons. The number of esters is 1. The molecule has 0 bridgehead atoms. The molecule has 0 radical (unpaired) electrons. The summed E-state index contributed by atoms with van der Waals surface area (Å²) in [6.45, 7) is 0. The minimum absolute atomic E-state index is 0.00545. The maximum Gasteiger partial charge on any atom is 0.343 e. The summed E-state index contributed by atoms with van der Waals surface area (Å²) in [7, 11) is 0. The van der Waals surface area contributed by atoms with Crippen molar-refractivity contribution >= 4 is 23.5 Å². The Kier molecular flexibility index (Phi) is 4.56. The number of carbonyl (C=O) groups excluding carboxylic acids is 1. The Hall–Kier alpha value is -3.99. The molecule has 3 aromatic rings. The first-order valence-electron chi connectivity index (χ1n) is 8.66. The predicted octanol–water partition coefficient (Wildman–Crippen LogP) is 5.24. The normalized spacial score (nSPS) is 14.6. The molecule has 1 aliphatic heterocycles. The van der Waals surface area contributed by atoms with Gasteiger partial charge in [0.1, 0.15) is 5.76 Å². The van der Waals surface area contributed by atoms with Crippen molar-refractivity contribution in [3.05, 3.63) is 112 Å². The summed E-state index contributed by atoms with van der Waals surface area (Å²) in [5.41, 5.74) is 4.10. The van der Waals surface area contributed by atoms with E-state index in [1.165, 1.54) is 12.1 Å². The highest BCUT2D eigenvalue weighted by Gasteiger charge is 2.22. The smallest absolute Gasteiger partial charge is 0.343 e. The number of nitrogens with zero attached hydrogens (tertiary/aromatic N) is 1. The Morgan fingerprint density at radius 2 is 1.39 bits per heavy atom. The van der Waals surface area contributed by atoms with Crippen molar-refractivity contribution in [3.63, 3.8) is 0 Å². The average Bonchev–Trinajstić information content (AvgIpc) is 3.09. The summed E-state index contributed by atoms with van der Waals surface area (Å²) >= 11 is 0. The van der Waals surface area contributed by atoms with Crippen LogP contribution in [0.2, 0.25) is 0 Å². The molecule has 1 aliphatic rings. The van der Waals surface area contributed by atoms with Crippen molar-refractivity contribution in [3.8, 4) is 11.1 Å². The lowest BCUT2D eigenvalue weighted by molar-refractivity contribution is -0.384. The van der Waals surface area contributed by atoms with Crippen molar-refractivity contribution in [1.29, 1.82) is 0 Å². The van der Waals surface area contributed by atoms with Gasteiger partial charge in [0.15, 0.2) is 0 Å². The number of non-ortho nitro benzene ring substituents is 1. The van der Waals surface area contributed by atoms with E-state index in [-0.39, 0.29) is 5.69 Å². The van der Waals surface area contributed by atoms with Gasteiger partial charge in [-0.05, 0) is 41.0 Å². The molecule has 0 amide bonds. The number of benzene rings is 3. The van der Waals surface area contributed by atoms with Gasteiger partial charge in [-0.2, -0.15) is 0 Å². The maximum atomic E-state index is 12.2. The lowest BCUT2D eigenvalue weighted by Crippen LogP contribution is -1.97. The van der Waals surface area contributed by atoms with Crippen molar-refractivity contribution in [1.82, 2.24) is 0 Å². The second kappa shape index (κ2) is 7.32. The SMILES string of the molecule is O=C1OC(c2ccc(-c3ccccc3)cc2)=C/C1=C\c1ccc([N+](=O)[O-])cc1. The topological polar surface area (TPSA) is 69.4 Å². The summed E-state index contributed by atoms with van der Waals surface area (Å²) in [6, 6.07) is 23.8. The van der Waals surface area contributed by atoms with E-state index in [9.17, 15) is 14.9 Å². The largest absolute Gasteiger partial charge is 0.422 e. The molecule has 0 aromatic heterocycles. The van der Waals surface area contributed by atoms with Gasteiger partial charge >= 0.3 is 5.97 Å². The number of hydrogen-bond acceptors (Lipinski definition) is 4. The van der Waals surface area contributed by atoms with Crippen molar-refractivity contribution in [2.45, 2.75) is 0 Å². The summed E-state index contributed by atoms with van der Waals surface area (Å²) in [5, 5.41) is 10.7. The molecule has 0 N–H and O–H groups in total. The van der Waals surface area contributed by atoms with Gasteiger partial charge in [-0.25, -0.2) is 4.79 Å². The first-order valence-corrected chi connectivity index (χ1v) is 8.66. The van der Waals surface area contributed by atoms with Gasteiger partial charge in [0.25, 0.3) is 5.69 Å². The first kappa shape index (κ1) is 17.4. The van der Waals surface area contributed by atoms with Crippen LogP contribution in [0.3, 0.4) is 0 Å². The fourth-order valence-electron chi connectivity index (χ4n) is 2.96. The van der Waals surface area contributed by atoms with Crippen LogP contribution in [0.15, 0.2) is 90.5 Å². The summed E-state index contributed by atoms with van der Waals surface area (Å²) in [6.07, 6.45) is 3.33. The number of ether oxygens (including phenoxy) is 1. The van der Waals surface area contributed by atoms with Crippen LogP contribution in [0.1, 0.15) is 11.1 Å². The third-order valence-corrected chi connectivity index (χ3v) is 4.43. The van der Waals surface area contributed by atoms with Crippen molar-refractivity contribution in [2.75, 3.05) is 0 Å². The molecule has 4 rings (SSSR count). The number of carbonyl (C=O) groups is 1. The molecule has 0 saturated carbocycles. The number of cyclic esters (lactones) is 1. The maximum absolute atomic E-state index is 12.2. The van der Waals surface area contributed by atoms with Gasteiger partial charge in [-0.1, -0.05) is 54.6 Å². The molecular weight excluding hydrogens is 354 g/mol. The summed E-state index contributed by atoms with van der Waals surface area (Å²) in [4.78, 5) is 22.4. The molecule has 1 heterocycles. The van der Waals surface area contributed by atoms with E-state index in [0.717, 1.165) is 16.7 Å². The van der Waals surface area contributed by atoms with Gasteiger partial charge in [0, 0.05) is 17.7 Å². The molecule has 0 atom stereocenters. The minimum Gasteiger partial charge on any atom is -0.422 e. The van der Waals surface area contributed by atoms with Gasteiger partial charge in [-0.15, -0.1) is 0 Å². The van der Waals surface area contributed by atoms with E-state index in [1.807, 2.05) is 54.6 Å². The standard InChI is InChI=1S/C23H15NO4/c25-23-20(14-16-6-12-21(13-7-16)24(26)27)15-22(28-23)19-10-8-18(9-11-19)17-4-2-1-3-5-17/h1-15H/b20-14+. The van der Waals surface area contributed by atoms with E-state index in [1.54, 1.807) is 24.3 Å². The highest BCUT2D eigenvalue weighted by Crippen LogP contribution is 2.29. The van der Waals surface area contributed by atoms with Crippen LogP contribution in [-0.4, -0.2) is 10.9 Å². The van der Waals surface area contributed by atoms with Crippen molar-refractivity contribution < 1.29 is 14.5 Å². The van der Waals surface area contributed by atoms with Crippen LogP contribution in [0, 0.1) is 10.1 Å². The zero-order valence-electron chi connectivity index (χ0n) is 14.7. The Morgan fingerprint density at radius 3 is 2.04 bits per heavy atom. The molecule has 5 heteroatoms. The second-order valence-corrected chi connectivity index (χ2v) is 6.29. The number of nitro benzene ring substituents is 1. The molecule has 5 nitrogen and oxygen atoms in total. The Morgan fingerprint density at radius 1 is 0.786 bits per heavy atom. The fraction of sp³-hybridized carbons (Fsp3) is 0. The summed E-state index contributed by atoms with van der Waals surface area (Å²) in [5.74, 6) is 0.0401. The molecule has 0 saturated heterocycles. The third-order valence-electron chi connectivity index (χ3n) is 4.43. The van der Waals surface area contributed by atoms with Crippen LogP contribution in [0.5, 0.6) is 0 Å². The highest BCUT2D eigenvalue weighted by atomic mass is 16.6. The monoisotopic (exact) mass is 369 g/mol. The number of nitro groups is 1. The minimum atomic E-state index is -0.460. The highest BCUT2D eigenvalue weighted by molar-refractivity contribution is 6.05. The molecule has 0 unspecified atom stereocenters. The van der Waals surface area contributed by atoms with Crippen LogP contribution >= 0.6 is 0 Å². The van der Waals surface area contributed by atoms with E-state index < -0.39 is 10.9 Å². The van der Waals surface area contributed by atoms with Gasteiger partial charge in [0.05, 0.1) is 10.5 Å². The van der Waals surface area contributed by atoms with Gasteiger partial charge < -0.3 is 4.74 Å². The molecule has 0 fully saturated rings. The second-order valence-electron chi connectivity index (χ2n) is 6.29. The lowest BCUT2D eigenvalue weighted by atomic mass is 10.0. The molecule has 0 spiro atoms. The molecule has 3 aromatic carbocycles. The third kappa shape index (κ3) is 3.59. The Balaban J connectivity index is 1.57. The van der Waals surface area contributed by atoms with E-state index in [2.05, 4.69) is 0 Å². The zero-order chi connectivity index (χ0) is 19.5. The van der Waals surface area contributed by atoms with Crippen LogP contribution < -0.4 is 0 Å². The molecule has 0 aliphatic carbocycles. The number of hydrogen-bond donors (Lipinski definition) is 0. The number of rotatable bonds is 4. The van der Waals surface area contributed by atoms with Crippen LogP contribution in [0.4, 0.5) is 5.69 Å². The van der Waals surface area contributed by atoms with Crippen LogP contribution in [0.25, 0.3) is 23.0 Å². The molecular formula is C23H15NO4. The zero-order valence-corrected chi connectivity index (χ0v) is 14.7. The van der Waals surface area contributed by atoms with E-state index in [4.69, 9.17) is 4.74 Å². The van der Waals surface area contributed by atoms with E-state index in [0.29, 0.717) is 16.9 Å². The van der Waals surface area contributed by atoms with E-state index >= 15 is 0 Å². The van der Waals surface area contributed by atoms with Crippen molar-refractivity contribution in [2.24, 2.45) is 0 Å². The quantitative estimate of drug-likeness (QED) is 0.273. The average molecular weight is 369 g/mol. The predicted molar refractivity (Wildman–Crippen MR) is 107 cm³/mol. The van der Waals surface area contributed by atoms with Gasteiger partial charge in [-0.3, -0.25) is 10.1 Å². The summed E-state index contributed by atoms with van der Waals surface area (Å²) < 4.78 is 5.39. The first-order chi connectivity index (χ1) is 13.6. The fourth-order valence-corrected chi connectivity index (χ4v) is 2.96. The van der Waals surface area contributed by atoms with Gasteiger partial charge in [0.2, 0.25) is 0 Å². The Labute approximate surface area is 161 Å². The lowest BCUT2D eigenvalue weighted by Gasteiger charge is -2.04. The Bertz CT molecular complexity index is 1100. The molecule has 28 heavy (non-hydrogen) atoms. The van der Waals surface area contributed by atoms with Crippen LogP contribution in [-0.2, 0) is 9.53 Å².